The third kappa shape index (κ3) is 1.52. The van der Waals surface area contributed by atoms with Crippen LogP contribution in [0.3, 0.4) is 0 Å². The number of nitrogens with zero attached hydrogens (tertiary/aromatic N) is 1. The number of rotatable bonds is 1. The standard InChI is InChI=1S/C11H21N/c1-11(2,3)8-12-7-9-5-4-6-10(9)12/h9-10H,4-8H2,1-3H3. The molecular weight excluding hydrogens is 146 g/mol. The Morgan fingerprint density at radius 1 is 1.25 bits per heavy atom. The van der Waals surface area contributed by atoms with E-state index < -0.39 is 0 Å². The summed E-state index contributed by atoms with van der Waals surface area (Å²) in [4.78, 5) is 2.69. The first-order chi connectivity index (χ1) is 5.56. The van der Waals surface area contributed by atoms with Crippen molar-refractivity contribution >= 4 is 0 Å². The molecule has 0 amide bonds. The summed E-state index contributed by atoms with van der Waals surface area (Å²) in [6, 6.07) is 0.976. The Balaban J connectivity index is 1.85. The van der Waals surface area contributed by atoms with Gasteiger partial charge in [0.05, 0.1) is 0 Å². The number of hydrogen-bond donors (Lipinski definition) is 0. The zero-order valence-electron chi connectivity index (χ0n) is 8.64. The van der Waals surface area contributed by atoms with E-state index in [1.54, 1.807) is 0 Å². The third-order valence-electron chi connectivity index (χ3n) is 3.23. The van der Waals surface area contributed by atoms with Crippen LogP contribution in [0.1, 0.15) is 40.0 Å². The van der Waals surface area contributed by atoms with E-state index in [4.69, 9.17) is 0 Å². The van der Waals surface area contributed by atoms with Crippen molar-refractivity contribution in [1.82, 2.24) is 4.90 Å². The van der Waals surface area contributed by atoms with Gasteiger partial charge in [-0.15, -0.1) is 0 Å². The molecule has 1 saturated carbocycles. The fourth-order valence-electron chi connectivity index (χ4n) is 2.80. The summed E-state index contributed by atoms with van der Waals surface area (Å²) in [7, 11) is 0. The smallest absolute Gasteiger partial charge is 0.0136 e. The van der Waals surface area contributed by atoms with Gasteiger partial charge in [-0.1, -0.05) is 27.2 Å². The highest BCUT2D eigenvalue weighted by molar-refractivity contribution is 4.97. The molecule has 2 fully saturated rings. The van der Waals surface area contributed by atoms with E-state index in [0.717, 1.165) is 12.0 Å². The van der Waals surface area contributed by atoms with Gasteiger partial charge in [-0.05, 0) is 24.2 Å². The van der Waals surface area contributed by atoms with Gasteiger partial charge in [0.2, 0.25) is 0 Å². The van der Waals surface area contributed by atoms with Gasteiger partial charge in [0.15, 0.2) is 0 Å². The van der Waals surface area contributed by atoms with Crippen molar-refractivity contribution in [2.24, 2.45) is 11.3 Å². The highest BCUT2D eigenvalue weighted by atomic mass is 15.2. The monoisotopic (exact) mass is 167 g/mol. The molecule has 2 rings (SSSR count). The summed E-state index contributed by atoms with van der Waals surface area (Å²) in [6.07, 6.45) is 4.46. The van der Waals surface area contributed by atoms with Crippen molar-refractivity contribution in [2.75, 3.05) is 13.1 Å². The lowest BCUT2D eigenvalue weighted by Gasteiger charge is -2.47. The summed E-state index contributed by atoms with van der Waals surface area (Å²) in [6.45, 7) is 9.72. The normalized spacial score (nSPS) is 36.2. The Morgan fingerprint density at radius 2 is 2.00 bits per heavy atom. The van der Waals surface area contributed by atoms with Gasteiger partial charge >= 0.3 is 0 Å². The lowest BCUT2D eigenvalue weighted by Crippen LogP contribution is -2.55. The van der Waals surface area contributed by atoms with Crippen LogP contribution in [0.5, 0.6) is 0 Å². The van der Waals surface area contributed by atoms with Crippen molar-refractivity contribution in [3.8, 4) is 0 Å². The van der Waals surface area contributed by atoms with Crippen LogP contribution >= 0.6 is 0 Å². The third-order valence-corrected chi connectivity index (χ3v) is 3.23. The number of fused-ring (bicyclic) bond motifs is 1. The maximum absolute atomic E-state index is 2.69. The molecule has 0 spiro atoms. The maximum atomic E-state index is 2.69. The molecule has 2 aliphatic rings. The van der Waals surface area contributed by atoms with Gasteiger partial charge in [-0.3, -0.25) is 4.90 Å². The molecule has 0 aromatic carbocycles. The molecule has 0 radical (unpaired) electrons. The molecule has 0 bridgehead atoms. The van der Waals surface area contributed by atoms with E-state index in [-0.39, 0.29) is 0 Å². The summed E-state index contributed by atoms with van der Waals surface area (Å²) < 4.78 is 0. The van der Waals surface area contributed by atoms with Crippen LogP contribution < -0.4 is 0 Å². The van der Waals surface area contributed by atoms with Crippen LogP contribution in [-0.4, -0.2) is 24.0 Å². The van der Waals surface area contributed by atoms with Crippen molar-refractivity contribution in [1.29, 1.82) is 0 Å². The van der Waals surface area contributed by atoms with Gasteiger partial charge < -0.3 is 0 Å². The Hall–Kier alpha value is -0.0400. The van der Waals surface area contributed by atoms with E-state index in [0.29, 0.717) is 5.41 Å². The van der Waals surface area contributed by atoms with Gasteiger partial charge in [-0.2, -0.15) is 0 Å². The minimum atomic E-state index is 0.494. The van der Waals surface area contributed by atoms with E-state index in [1.807, 2.05) is 0 Å². The topological polar surface area (TPSA) is 3.24 Å². The molecule has 1 aliphatic heterocycles. The molecule has 0 aromatic heterocycles. The fraction of sp³-hybridized carbons (Fsp3) is 1.00. The van der Waals surface area contributed by atoms with E-state index in [2.05, 4.69) is 25.7 Å². The minimum absolute atomic E-state index is 0.494. The van der Waals surface area contributed by atoms with Gasteiger partial charge in [-0.25, -0.2) is 0 Å². The summed E-state index contributed by atoms with van der Waals surface area (Å²) in [5.41, 5.74) is 0.494. The van der Waals surface area contributed by atoms with Gasteiger partial charge in [0.25, 0.3) is 0 Å². The maximum Gasteiger partial charge on any atom is 0.0136 e. The fourth-order valence-corrected chi connectivity index (χ4v) is 2.80. The zero-order chi connectivity index (χ0) is 8.77. The van der Waals surface area contributed by atoms with Crippen LogP contribution in [0.15, 0.2) is 0 Å². The highest BCUT2D eigenvalue weighted by Crippen LogP contribution is 2.40. The Kier molecular flexibility index (Phi) is 1.95. The van der Waals surface area contributed by atoms with Crippen LogP contribution in [0.2, 0.25) is 0 Å². The van der Waals surface area contributed by atoms with E-state index in [1.165, 1.54) is 32.4 Å². The predicted octanol–water partition coefficient (Wildman–Crippen LogP) is 2.52. The van der Waals surface area contributed by atoms with Gasteiger partial charge in [0.1, 0.15) is 0 Å². The quantitative estimate of drug-likeness (QED) is 0.580. The molecule has 0 N–H and O–H groups in total. The predicted molar refractivity (Wildman–Crippen MR) is 52.2 cm³/mol. The Morgan fingerprint density at radius 3 is 2.58 bits per heavy atom. The molecule has 2 unspecified atom stereocenters. The molecular formula is C11H21N. The van der Waals surface area contributed by atoms with Crippen LogP contribution in [0.4, 0.5) is 0 Å². The van der Waals surface area contributed by atoms with Crippen LogP contribution in [0.25, 0.3) is 0 Å². The Bertz CT molecular complexity index is 168. The van der Waals surface area contributed by atoms with Gasteiger partial charge in [0, 0.05) is 19.1 Å². The first-order valence-corrected chi connectivity index (χ1v) is 5.30. The summed E-state index contributed by atoms with van der Waals surface area (Å²) in [5.74, 6) is 1.08. The molecule has 1 nitrogen and oxygen atoms in total. The van der Waals surface area contributed by atoms with Crippen molar-refractivity contribution in [3.63, 3.8) is 0 Å². The second-order valence-electron chi connectivity index (χ2n) is 5.75. The lowest BCUT2D eigenvalue weighted by atomic mass is 9.87. The molecule has 70 valence electrons. The second kappa shape index (κ2) is 2.73. The lowest BCUT2D eigenvalue weighted by molar-refractivity contribution is 0.0103. The first kappa shape index (κ1) is 8.55. The molecule has 1 saturated heterocycles. The average Bonchev–Trinajstić information content (AvgIpc) is 2.24. The second-order valence-corrected chi connectivity index (χ2v) is 5.75. The van der Waals surface area contributed by atoms with Crippen LogP contribution in [0, 0.1) is 11.3 Å². The Labute approximate surface area is 76.1 Å². The molecule has 1 heteroatoms. The molecule has 12 heavy (non-hydrogen) atoms. The molecule has 1 heterocycles. The largest absolute Gasteiger partial charge is 0.299 e. The van der Waals surface area contributed by atoms with E-state index in [9.17, 15) is 0 Å². The first-order valence-electron chi connectivity index (χ1n) is 5.30. The summed E-state index contributed by atoms with van der Waals surface area (Å²) in [5, 5.41) is 0. The highest BCUT2D eigenvalue weighted by Gasteiger charge is 2.42. The SMILES string of the molecule is CC(C)(C)CN1CC2CCCC21. The van der Waals surface area contributed by atoms with Crippen molar-refractivity contribution in [2.45, 2.75) is 46.1 Å². The summed E-state index contributed by atoms with van der Waals surface area (Å²) >= 11 is 0. The number of hydrogen-bond acceptors (Lipinski definition) is 1. The number of likely N-dealkylation sites (tertiary alicyclic amines) is 1. The van der Waals surface area contributed by atoms with Crippen molar-refractivity contribution in [3.05, 3.63) is 0 Å². The van der Waals surface area contributed by atoms with Crippen molar-refractivity contribution < 1.29 is 0 Å². The minimum Gasteiger partial charge on any atom is -0.299 e. The van der Waals surface area contributed by atoms with E-state index >= 15 is 0 Å². The average molecular weight is 167 g/mol. The molecule has 1 aliphatic carbocycles. The zero-order valence-corrected chi connectivity index (χ0v) is 8.64. The van der Waals surface area contributed by atoms with Crippen LogP contribution in [-0.2, 0) is 0 Å². The molecule has 2 atom stereocenters. The molecule has 0 aromatic rings.